The molecule has 2 aromatic carbocycles. The molecule has 6 heteroatoms. The van der Waals surface area contributed by atoms with E-state index in [4.69, 9.17) is 0 Å². The van der Waals surface area contributed by atoms with Crippen LogP contribution in [0, 0.1) is 5.82 Å². The largest absolute Gasteiger partial charge is 0.348 e. The van der Waals surface area contributed by atoms with Gasteiger partial charge in [-0.05, 0) is 59.7 Å². The second-order valence-electron chi connectivity index (χ2n) is 6.35. The highest BCUT2D eigenvalue weighted by Gasteiger charge is 2.18. The third-order valence-corrected chi connectivity index (χ3v) is 4.30. The fraction of sp³-hybridized carbons (Fsp3) is 0.0870. The van der Waals surface area contributed by atoms with Crippen LogP contribution in [0.3, 0.4) is 0 Å². The fourth-order valence-corrected chi connectivity index (χ4v) is 2.76. The Kier molecular flexibility index (Phi) is 6.47. The predicted molar refractivity (Wildman–Crippen MR) is 110 cm³/mol. The first-order chi connectivity index (χ1) is 14.1. The van der Waals surface area contributed by atoms with Gasteiger partial charge in [-0.2, -0.15) is 0 Å². The van der Waals surface area contributed by atoms with Gasteiger partial charge in [0.15, 0.2) is 0 Å². The Bertz CT molecular complexity index is 987. The number of carbonyl (C=O) groups is 2. The van der Waals surface area contributed by atoms with Crippen LogP contribution in [0.4, 0.5) is 10.1 Å². The lowest BCUT2D eigenvalue weighted by Gasteiger charge is -2.23. The van der Waals surface area contributed by atoms with Crippen molar-refractivity contribution in [2.24, 2.45) is 0 Å². The molecule has 0 saturated carbocycles. The highest BCUT2D eigenvalue weighted by atomic mass is 19.1. The molecule has 0 aliphatic carbocycles. The monoisotopic (exact) mass is 389 g/mol. The van der Waals surface area contributed by atoms with Gasteiger partial charge in [-0.25, -0.2) is 4.39 Å². The molecule has 2 amide bonds. The summed E-state index contributed by atoms with van der Waals surface area (Å²) in [7, 11) is 0. The van der Waals surface area contributed by atoms with Gasteiger partial charge in [0.05, 0.1) is 6.54 Å². The molecule has 146 valence electrons. The normalized spacial score (nSPS) is 10.2. The molecule has 3 rings (SSSR count). The Morgan fingerprint density at radius 1 is 1.03 bits per heavy atom. The standard InChI is InChI=1S/C23H20FN3O2/c1-2-22(28)26-15-17-5-7-19(8-6-17)23(29)27(16-18-4-3-13-25-14-18)21-11-9-20(24)10-12-21/h2-14H,1,15-16H2,(H,26,28). The first-order valence-corrected chi connectivity index (χ1v) is 9.02. The molecule has 0 atom stereocenters. The van der Waals surface area contributed by atoms with E-state index in [-0.39, 0.29) is 17.6 Å². The number of pyridine rings is 1. The molecule has 0 fully saturated rings. The Hall–Kier alpha value is -3.80. The number of aromatic nitrogens is 1. The molecule has 3 aromatic rings. The average molecular weight is 389 g/mol. The predicted octanol–water partition coefficient (Wildman–Crippen LogP) is 3.87. The van der Waals surface area contributed by atoms with Crippen LogP contribution in [0.15, 0.2) is 85.7 Å². The second-order valence-corrected chi connectivity index (χ2v) is 6.35. The lowest BCUT2D eigenvalue weighted by molar-refractivity contribution is -0.116. The van der Waals surface area contributed by atoms with E-state index in [1.165, 1.54) is 18.2 Å². The van der Waals surface area contributed by atoms with Crippen LogP contribution in [0.1, 0.15) is 21.5 Å². The summed E-state index contributed by atoms with van der Waals surface area (Å²) in [5.74, 6) is -0.848. The number of amides is 2. The van der Waals surface area contributed by atoms with E-state index in [0.29, 0.717) is 24.3 Å². The topological polar surface area (TPSA) is 62.3 Å². The molecule has 0 bridgehead atoms. The lowest BCUT2D eigenvalue weighted by atomic mass is 10.1. The Morgan fingerprint density at radius 3 is 2.38 bits per heavy atom. The lowest BCUT2D eigenvalue weighted by Crippen LogP contribution is -2.30. The molecule has 0 aliphatic heterocycles. The van der Waals surface area contributed by atoms with Crippen molar-refractivity contribution in [3.63, 3.8) is 0 Å². The molecule has 0 radical (unpaired) electrons. The minimum atomic E-state index is -0.367. The summed E-state index contributed by atoms with van der Waals surface area (Å²) in [6.07, 6.45) is 4.56. The van der Waals surface area contributed by atoms with Crippen molar-refractivity contribution < 1.29 is 14.0 Å². The number of hydrogen-bond donors (Lipinski definition) is 1. The van der Waals surface area contributed by atoms with E-state index in [0.717, 1.165) is 11.1 Å². The van der Waals surface area contributed by atoms with Gasteiger partial charge < -0.3 is 10.2 Å². The minimum Gasteiger partial charge on any atom is -0.348 e. The van der Waals surface area contributed by atoms with E-state index in [2.05, 4.69) is 16.9 Å². The van der Waals surface area contributed by atoms with Crippen LogP contribution < -0.4 is 10.2 Å². The Balaban J connectivity index is 1.83. The van der Waals surface area contributed by atoms with Crippen LogP contribution in [0.2, 0.25) is 0 Å². The summed E-state index contributed by atoms with van der Waals surface area (Å²) in [4.78, 5) is 30.1. The average Bonchev–Trinajstić information content (AvgIpc) is 2.77. The summed E-state index contributed by atoms with van der Waals surface area (Å²) in [6.45, 7) is 4.05. The Labute approximate surface area is 168 Å². The molecular formula is C23H20FN3O2. The molecule has 5 nitrogen and oxygen atoms in total. The summed E-state index contributed by atoms with van der Waals surface area (Å²) < 4.78 is 13.4. The second kappa shape index (κ2) is 9.41. The maximum atomic E-state index is 13.4. The molecule has 0 spiro atoms. The third-order valence-electron chi connectivity index (χ3n) is 4.30. The summed E-state index contributed by atoms with van der Waals surface area (Å²) in [6, 6.07) is 16.4. The fourth-order valence-electron chi connectivity index (χ4n) is 2.76. The van der Waals surface area contributed by atoms with Crippen LogP contribution in [0.25, 0.3) is 0 Å². The van der Waals surface area contributed by atoms with Crippen molar-refractivity contribution in [3.05, 3.63) is 108 Å². The maximum Gasteiger partial charge on any atom is 0.258 e. The number of halogens is 1. The molecule has 0 unspecified atom stereocenters. The number of hydrogen-bond acceptors (Lipinski definition) is 3. The highest BCUT2D eigenvalue weighted by molar-refractivity contribution is 6.06. The first kappa shape index (κ1) is 19.9. The zero-order chi connectivity index (χ0) is 20.6. The Morgan fingerprint density at radius 2 is 1.76 bits per heavy atom. The highest BCUT2D eigenvalue weighted by Crippen LogP contribution is 2.21. The number of nitrogens with one attached hydrogen (secondary N) is 1. The van der Waals surface area contributed by atoms with Crippen LogP contribution in [-0.4, -0.2) is 16.8 Å². The summed E-state index contributed by atoms with van der Waals surface area (Å²) >= 11 is 0. The van der Waals surface area contributed by atoms with Gasteiger partial charge in [-0.1, -0.05) is 24.8 Å². The van der Waals surface area contributed by atoms with Crippen molar-refractivity contribution in [1.29, 1.82) is 0 Å². The van der Waals surface area contributed by atoms with Crippen LogP contribution >= 0.6 is 0 Å². The minimum absolute atomic E-state index is 0.220. The van der Waals surface area contributed by atoms with Crippen molar-refractivity contribution in [1.82, 2.24) is 10.3 Å². The van der Waals surface area contributed by atoms with Crippen molar-refractivity contribution in [2.45, 2.75) is 13.1 Å². The van der Waals surface area contributed by atoms with Gasteiger partial charge in [0, 0.05) is 30.2 Å². The summed E-state index contributed by atoms with van der Waals surface area (Å²) in [5, 5.41) is 2.69. The van der Waals surface area contributed by atoms with Gasteiger partial charge in [0.1, 0.15) is 5.82 Å². The number of carbonyl (C=O) groups excluding carboxylic acids is 2. The van der Waals surface area contributed by atoms with Crippen molar-refractivity contribution in [2.75, 3.05) is 4.90 Å². The van der Waals surface area contributed by atoms with Crippen molar-refractivity contribution >= 4 is 17.5 Å². The van der Waals surface area contributed by atoms with E-state index in [9.17, 15) is 14.0 Å². The van der Waals surface area contributed by atoms with Gasteiger partial charge in [-0.15, -0.1) is 0 Å². The van der Waals surface area contributed by atoms with Crippen LogP contribution in [0.5, 0.6) is 0 Å². The van der Waals surface area contributed by atoms with E-state index in [1.54, 1.807) is 59.8 Å². The van der Waals surface area contributed by atoms with Gasteiger partial charge >= 0.3 is 0 Å². The van der Waals surface area contributed by atoms with Gasteiger partial charge in [-0.3, -0.25) is 14.6 Å². The molecule has 1 aromatic heterocycles. The zero-order valence-corrected chi connectivity index (χ0v) is 15.7. The summed E-state index contributed by atoms with van der Waals surface area (Å²) in [5.41, 5.74) is 2.78. The van der Waals surface area contributed by atoms with Gasteiger partial charge in [0.2, 0.25) is 5.91 Å². The molecule has 29 heavy (non-hydrogen) atoms. The number of benzene rings is 2. The van der Waals surface area contributed by atoms with Gasteiger partial charge in [0.25, 0.3) is 5.91 Å². The molecule has 0 saturated heterocycles. The third kappa shape index (κ3) is 5.35. The first-order valence-electron chi connectivity index (χ1n) is 9.02. The number of anilines is 1. The number of rotatable bonds is 7. The van der Waals surface area contributed by atoms with Crippen molar-refractivity contribution in [3.8, 4) is 0 Å². The van der Waals surface area contributed by atoms with E-state index < -0.39 is 0 Å². The molecule has 0 aliphatic rings. The number of nitrogens with zero attached hydrogens (tertiary/aromatic N) is 2. The zero-order valence-electron chi connectivity index (χ0n) is 15.7. The smallest absolute Gasteiger partial charge is 0.258 e. The quantitative estimate of drug-likeness (QED) is 0.624. The SMILES string of the molecule is C=CC(=O)NCc1ccc(C(=O)N(Cc2cccnc2)c2ccc(F)cc2)cc1. The molecule has 1 N–H and O–H groups in total. The molecule has 1 heterocycles. The van der Waals surface area contributed by atoms with E-state index in [1.807, 2.05) is 6.07 Å². The maximum absolute atomic E-state index is 13.4. The molecular weight excluding hydrogens is 369 g/mol. The van der Waals surface area contributed by atoms with E-state index >= 15 is 0 Å². The van der Waals surface area contributed by atoms with Crippen LogP contribution in [-0.2, 0) is 17.9 Å².